The Hall–Kier alpha value is -3.60. The molecule has 30 heavy (non-hydrogen) atoms. The summed E-state index contributed by atoms with van der Waals surface area (Å²) in [6.07, 6.45) is 2.18. The average molecular weight is 397 g/mol. The Balaban J connectivity index is 1.74. The first-order valence-electron chi connectivity index (χ1n) is 10.3. The molecule has 0 atom stereocenters. The Morgan fingerprint density at radius 3 is 2.20 bits per heavy atom. The van der Waals surface area contributed by atoms with Crippen LogP contribution in [0.25, 0.3) is 0 Å². The molecule has 2 aliphatic rings. The minimum absolute atomic E-state index is 0.171. The van der Waals surface area contributed by atoms with Gasteiger partial charge in [0.25, 0.3) is 0 Å². The molecule has 0 spiro atoms. The largest absolute Gasteiger partial charge is 0.396 e. The summed E-state index contributed by atoms with van der Waals surface area (Å²) < 4.78 is 0. The molecule has 5 heteroatoms. The van der Waals surface area contributed by atoms with Crippen LogP contribution in [0.2, 0.25) is 0 Å². The molecule has 1 aliphatic carbocycles. The first-order valence-corrected chi connectivity index (χ1v) is 10.3. The summed E-state index contributed by atoms with van der Waals surface area (Å²) >= 11 is 0. The van der Waals surface area contributed by atoms with E-state index in [4.69, 9.17) is 5.73 Å². The topological polar surface area (TPSA) is 75.4 Å². The zero-order chi connectivity index (χ0) is 20.8. The third-order valence-electron chi connectivity index (χ3n) is 5.96. The molecular formula is C25H23N3O2. The van der Waals surface area contributed by atoms with Crippen molar-refractivity contribution in [1.29, 1.82) is 0 Å². The molecule has 1 heterocycles. The highest BCUT2D eigenvalue weighted by Gasteiger charge is 2.35. The van der Waals surface area contributed by atoms with E-state index in [9.17, 15) is 9.59 Å². The number of carbonyl (C=O) groups is 2. The van der Waals surface area contributed by atoms with Gasteiger partial charge in [0.1, 0.15) is 0 Å². The van der Waals surface area contributed by atoms with Crippen molar-refractivity contribution < 1.29 is 9.59 Å². The molecule has 1 aliphatic heterocycles. The molecule has 5 rings (SSSR count). The molecule has 0 unspecified atom stereocenters. The van der Waals surface area contributed by atoms with E-state index in [0.717, 1.165) is 42.9 Å². The van der Waals surface area contributed by atoms with Crippen LogP contribution in [0.4, 0.5) is 22.7 Å². The van der Waals surface area contributed by atoms with Gasteiger partial charge in [-0.25, -0.2) is 0 Å². The highest BCUT2D eigenvalue weighted by molar-refractivity contribution is 6.32. The van der Waals surface area contributed by atoms with Crippen LogP contribution in [0.5, 0.6) is 0 Å². The van der Waals surface area contributed by atoms with Crippen molar-refractivity contribution in [2.24, 2.45) is 0 Å². The van der Waals surface area contributed by atoms with Crippen LogP contribution in [0.15, 0.2) is 54.6 Å². The molecule has 3 aromatic carbocycles. The fourth-order valence-electron chi connectivity index (χ4n) is 4.50. The fraction of sp³-hybridized carbons (Fsp3) is 0.200. The molecule has 150 valence electrons. The van der Waals surface area contributed by atoms with Gasteiger partial charge in [0, 0.05) is 29.9 Å². The Kier molecular flexibility index (Phi) is 4.31. The van der Waals surface area contributed by atoms with E-state index in [-0.39, 0.29) is 11.6 Å². The number of nitrogens with zero attached hydrogens (tertiary/aromatic N) is 1. The number of hydrogen-bond acceptors (Lipinski definition) is 5. The number of carbonyl (C=O) groups excluding carboxylic acids is 2. The number of aryl methyl sites for hydroxylation is 1. The Morgan fingerprint density at radius 1 is 0.867 bits per heavy atom. The number of rotatable bonds is 3. The summed E-state index contributed by atoms with van der Waals surface area (Å²) in [5.74, 6) is -0.360. The van der Waals surface area contributed by atoms with Gasteiger partial charge >= 0.3 is 0 Å². The van der Waals surface area contributed by atoms with Crippen molar-refractivity contribution in [3.8, 4) is 0 Å². The van der Waals surface area contributed by atoms with E-state index < -0.39 is 0 Å². The van der Waals surface area contributed by atoms with Crippen LogP contribution in [0, 0.1) is 6.92 Å². The van der Waals surface area contributed by atoms with Crippen LogP contribution in [0.3, 0.4) is 0 Å². The SMILES string of the molecule is Cc1cccc(Nc2cc(N3CCCC3)c(N)c3c2C(=O)c2ccccc2C3=O)c1. The van der Waals surface area contributed by atoms with Crippen LogP contribution in [-0.4, -0.2) is 24.7 Å². The van der Waals surface area contributed by atoms with E-state index in [1.165, 1.54) is 0 Å². The standard InChI is InChI=1S/C25H23N3O2/c1-15-7-6-8-16(13-15)27-19-14-20(28-11-4-5-12-28)23(26)22-21(19)24(29)17-9-2-3-10-18(17)25(22)30/h2-3,6-10,13-14,27H,4-5,11-12,26H2,1H3. The highest BCUT2D eigenvalue weighted by Crippen LogP contribution is 2.42. The lowest BCUT2D eigenvalue weighted by Gasteiger charge is -2.28. The Bertz CT molecular complexity index is 1190. The molecule has 0 saturated carbocycles. The third-order valence-corrected chi connectivity index (χ3v) is 5.96. The molecule has 0 radical (unpaired) electrons. The quantitative estimate of drug-likeness (QED) is 0.490. The average Bonchev–Trinajstić information content (AvgIpc) is 3.27. The summed E-state index contributed by atoms with van der Waals surface area (Å²) in [5, 5.41) is 3.39. The van der Waals surface area contributed by atoms with E-state index in [2.05, 4.69) is 10.2 Å². The number of ketones is 2. The van der Waals surface area contributed by atoms with Gasteiger partial charge in [-0.05, 0) is 43.5 Å². The van der Waals surface area contributed by atoms with Crippen LogP contribution < -0.4 is 16.0 Å². The zero-order valence-corrected chi connectivity index (χ0v) is 16.9. The lowest BCUT2D eigenvalue weighted by atomic mass is 9.81. The van der Waals surface area contributed by atoms with Crippen molar-refractivity contribution in [2.75, 3.05) is 29.0 Å². The summed E-state index contributed by atoms with van der Waals surface area (Å²) in [7, 11) is 0. The summed E-state index contributed by atoms with van der Waals surface area (Å²) in [6, 6.07) is 16.9. The van der Waals surface area contributed by atoms with Gasteiger partial charge in [0.05, 0.1) is 28.2 Å². The van der Waals surface area contributed by atoms with Crippen molar-refractivity contribution >= 4 is 34.3 Å². The van der Waals surface area contributed by atoms with Crippen molar-refractivity contribution in [1.82, 2.24) is 0 Å². The van der Waals surface area contributed by atoms with Gasteiger partial charge < -0.3 is 16.0 Å². The van der Waals surface area contributed by atoms with Gasteiger partial charge in [0.2, 0.25) is 0 Å². The normalized spacial score (nSPS) is 15.2. The lowest BCUT2D eigenvalue weighted by molar-refractivity contribution is 0.0980. The smallest absolute Gasteiger partial charge is 0.196 e. The predicted molar refractivity (Wildman–Crippen MR) is 120 cm³/mol. The van der Waals surface area contributed by atoms with E-state index in [1.807, 2.05) is 37.3 Å². The molecule has 1 saturated heterocycles. The van der Waals surface area contributed by atoms with E-state index >= 15 is 0 Å². The van der Waals surface area contributed by atoms with Crippen LogP contribution in [0.1, 0.15) is 50.2 Å². The highest BCUT2D eigenvalue weighted by atomic mass is 16.1. The number of benzene rings is 3. The minimum atomic E-state index is -0.189. The lowest BCUT2D eigenvalue weighted by Crippen LogP contribution is -2.26. The molecule has 0 amide bonds. The maximum absolute atomic E-state index is 13.5. The minimum Gasteiger partial charge on any atom is -0.396 e. The van der Waals surface area contributed by atoms with E-state index in [0.29, 0.717) is 33.6 Å². The molecule has 3 aromatic rings. The van der Waals surface area contributed by atoms with Gasteiger partial charge in [-0.15, -0.1) is 0 Å². The maximum Gasteiger partial charge on any atom is 0.196 e. The van der Waals surface area contributed by atoms with Gasteiger partial charge in [-0.1, -0.05) is 36.4 Å². The Labute approximate surface area is 175 Å². The summed E-state index contributed by atoms with van der Waals surface area (Å²) in [5.41, 5.74) is 11.9. The molecular weight excluding hydrogens is 374 g/mol. The number of hydrogen-bond donors (Lipinski definition) is 2. The fourth-order valence-corrected chi connectivity index (χ4v) is 4.50. The molecule has 1 fully saturated rings. The number of fused-ring (bicyclic) bond motifs is 2. The summed E-state index contributed by atoms with van der Waals surface area (Å²) in [6.45, 7) is 3.81. The maximum atomic E-state index is 13.5. The van der Waals surface area contributed by atoms with Crippen molar-refractivity contribution in [3.05, 3.63) is 82.4 Å². The number of anilines is 4. The summed E-state index contributed by atoms with van der Waals surface area (Å²) in [4.78, 5) is 29.1. The van der Waals surface area contributed by atoms with Crippen LogP contribution >= 0.6 is 0 Å². The first kappa shape index (κ1) is 18.4. The third kappa shape index (κ3) is 2.86. The second kappa shape index (κ2) is 7.02. The second-order valence-electron chi connectivity index (χ2n) is 8.00. The number of nitrogen functional groups attached to an aromatic ring is 1. The Morgan fingerprint density at radius 2 is 1.53 bits per heavy atom. The first-order chi connectivity index (χ1) is 14.5. The van der Waals surface area contributed by atoms with Crippen molar-refractivity contribution in [3.63, 3.8) is 0 Å². The van der Waals surface area contributed by atoms with E-state index in [1.54, 1.807) is 24.3 Å². The molecule has 5 nitrogen and oxygen atoms in total. The second-order valence-corrected chi connectivity index (χ2v) is 8.00. The molecule has 3 N–H and O–H groups in total. The van der Waals surface area contributed by atoms with Crippen molar-refractivity contribution in [2.45, 2.75) is 19.8 Å². The number of nitrogens with one attached hydrogen (secondary N) is 1. The van der Waals surface area contributed by atoms with Crippen LogP contribution in [-0.2, 0) is 0 Å². The number of nitrogens with two attached hydrogens (primary N) is 1. The van der Waals surface area contributed by atoms with Gasteiger partial charge in [-0.3, -0.25) is 9.59 Å². The predicted octanol–water partition coefficient (Wildman–Crippen LogP) is 4.70. The molecule has 0 bridgehead atoms. The van der Waals surface area contributed by atoms with Gasteiger partial charge in [-0.2, -0.15) is 0 Å². The molecule has 0 aromatic heterocycles. The zero-order valence-electron chi connectivity index (χ0n) is 16.9. The van der Waals surface area contributed by atoms with Gasteiger partial charge in [0.15, 0.2) is 11.6 Å². The monoisotopic (exact) mass is 397 g/mol.